The molecule has 7 nitrogen and oxygen atoms in total. The van der Waals surface area contributed by atoms with Crippen molar-refractivity contribution >= 4 is 23.3 Å². The summed E-state index contributed by atoms with van der Waals surface area (Å²) in [6, 6.07) is 4.19. The van der Waals surface area contributed by atoms with Gasteiger partial charge in [-0.15, -0.1) is 0 Å². The number of piperidine rings is 1. The number of Topliss-reactive ketones (excluding diaryl/α,β-unsaturated/α-hetero) is 1. The van der Waals surface area contributed by atoms with E-state index in [2.05, 4.69) is 0 Å². The molecular formula is C18H22N2O5. The molecule has 1 saturated heterocycles. The average molecular weight is 346 g/mol. The number of nitrogens with zero attached hydrogens (tertiary/aromatic N) is 2. The first kappa shape index (κ1) is 17.4. The average Bonchev–Trinajstić information content (AvgIpc) is 2.60. The van der Waals surface area contributed by atoms with E-state index in [1.807, 2.05) is 0 Å². The van der Waals surface area contributed by atoms with Crippen molar-refractivity contribution in [2.75, 3.05) is 24.6 Å². The standard InChI is InChI=1S/C18H22N2O5/c1-11(18(24)19-7-5-14(22)6-8-19)20-15-9-13(12(2)21)3-4-16(15)25-10-17(20)23/h3-4,9,11,14,22H,5-8,10H2,1-2H3. The number of anilines is 1. The molecule has 0 radical (unpaired) electrons. The van der Waals surface area contributed by atoms with Gasteiger partial charge in [-0.3, -0.25) is 19.3 Å². The normalized spacial score (nSPS) is 19.2. The van der Waals surface area contributed by atoms with Crippen LogP contribution in [0.1, 0.15) is 37.0 Å². The van der Waals surface area contributed by atoms with Gasteiger partial charge < -0.3 is 14.7 Å². The Morgan fingerprint density at radius 2 is 1.96 bits per heavy atom. The van der Waals surface area contributed by atoms with Gasteiger partial charge in [-0.05, 0) is 44.9 Å². The summed E-state index contributed by atoms with van der Waals surface area (Å²) in [7, 11) is 0. The van der Waals surface area contributed by atoms with E-state index in [0.29, 0.717) is 42.9 Å². The lowest BCUT2D eigenvalue weighted by Crippen LogP contribution is -2.54. The highest BCUT2D eigenvalue weighted by Gasteiger charge is 2.36. The van der Waals surface area contributed by atoms with Gasteiger partial charge in [-0.2, -0.15) is 0 Å². The number of likely N-dealkylation sites (tertiary alicyclic amines) is 1. The monoisotopic (exact) mass is 346 g/mol. The summed E-state index contributed by atoms with van der Waals surface area (Å²) >= 11 is 0. The SMILES string of the molecule is CC(=O)c1ccc2c(c1)N(C(C)C(=O)N1CCC(O)CC1)C(=O)CO2. The molecule has 25 heavy (non-hydrogen) atoms. The summed E-state index contributed by atoms with van der Waals surface area (Å²) in [6.45, 7) is 3.95. The predicted molar refractivity (Wildman–Crippen MR) is 90.7 cm³/mol. The van der Waals surface area contributed by atoms with Gasteiger partial charge in [0.2, 0.25) is 5.91 Å². The maximum Gasteiger partial charge on any atom is 0.265 e. The lowest BCUT2D eigenvalue weighted by atomic mass is 10.0. The second-order valence-electron chi connectivity index (χ2n) is 6.52. The van der Waals surface area contributed by atoms with Crippen LogP contribution in [0, 0.1) is 0 Å². The topological polar surface area (TPSA) is 87.2 Å². The first-order chi connectivity index (χ1) is 11.9. The maximum atomic E-state index is 12.8. The van der Waals surface area contributed by atoms with E-state index in [-0.39, 0.29) is 30.3 Å². The van der Waals surface area contributed by atoms with E-state index in [0.717, 1.165) is 0 Å². The molecule has 134 valence electrons. The molecule has 2 amide bonds. The number of aliphatic hydroxyl groups excluding tert-OH is 1. The molecule has 2 aliphatic rings. The van der Waals surface area contributed by atoms with Crippen molar-refractivity contribution in [3.63, 3.8) is 0 Å². The van der Waals surface area contributed by atoms with Crippen LogP contribution in [0.5, 0.6) is 5.75 Å². The Kier molecular flexibility index (Phi) is 4.76. The number of aliphatic hydroxyl groups is 1. The summed E-state index contributed by atoms with van der Waals surface area (Å²) in [4.78, 5) is 40.0. The molecule has 3 rings (SSSR count). The summed E-state index contributed by atoms with van der Waals surface area (Å²) in [5.74, 6) is -0.115. The van der Waals surface area contributed by atoms with Gasteiger partial charge in [0.25, 0.3) is 5.91 Å². The minimum atomic E-state index is -0.701. The quantitative estimate of drug-likeness (QED) is 0.825. The number of ketones is 1. The number of ether oxygens (including phenoxy) is 1. The number of amides is 2. The number of hydrogen-bond acceptors (Lipinski definition) is 5. The van der Waals surface area contributed by atoms with Crippen molar-refractivity contribution in [3.05, 3.63) is 23.8 Å². The van der Waals surface area contributed by atoms with Gasteiger partial charge in [-0.1, -0.05) is 0 Å². The van der Waals surface area contributed by atoms with Crippen LogP contribution in [-0.2, 0) is 9.59 Å². The van der Waals surface area contributed by atoms with Gasteiger partial charge in [0.05, 0.1) is 11.8 Å². The van der Waals surface area contributed by atoms with Gasteiger partial charge in [0, 0.05) is 18.7 Å². The third-order valence-corrected chi connectivity index (χ3v) is 4.77. The molecule has 1 atom stereocenters. The highest BCUT2D eigenvalue weighted by atomic mass is 16.5. The minimum absolute atomic E-state index is 0.121. The summed E-state index contributed by atoms with van der Waals surface area (Å²) < 4.78 is 5.43. The molecule has 1 fully saturated rings. The zero-order valence-corrected chi connectivity index (χ0v) is 14.4. The Balaban J connectivity index is 1.88. The molecule has 0 aromatic heterocycles. The zero-order valence-electron chi connectivity index (χ0n) is 14.4. The molecule has 1 unspecified atom stereocenters. The lowest BCUT2D eigenvalue weighted by molar-refractivity contribution is -0.136. The Morgan fingerprint density at radius 1 is 1.28 bits per heavy atom. The summed E-state index contributed by atoms with van der Waals surface area (Å²) in [5.41, 5.74) is 0.907. The Morgan fingerprint density at radius 3 is 2.60 bits per heavy atom. The van der Waals surface area contributed by atoms with Crippen molar-refractivity contribution in [3.8, 4) is 5.75 Å². The van der Waals surface area contributed by atoms with Gasteiger partial charge in [0.1, 0.15) is 11.8 Å². The molecule has 7 heteroatoms. The largest absolute Gasteiger partial charge is 0.482 e. The van der Waals surface area contributed by atoms with Crippen molar-refractivity contribution in [1.29, 1.82) is 0 Å². The molecule has 1 N–H and O–H groups in total. The van der Waals surface area contributed by atoms with Gasteiger partial charge in [-0.25, -0.2) is 0 Å². The molecular weight excluding hydrogens is 324 g/mol. The van der Waals surface area contributed by atoms with E-state index in [1.54, 1.807) is 30.0 Å². The van der Waals surface area contributed by atoms with Crippen molar-refractivity contribution < 1.29 is 24.2 Å². The second kappa shape index (κ2) is 6.84. The highest BCUT2D eigenvalue weighted by Crippen LogP contribution is 2.35. The first-order valence-electron chi connectivity index (χ1n) is 8.45. The van der Waals surface area contributed by atoms with Crippen LogP contribution in [0.15, 0.2) is 18.2 Å². The van der Waals surface area contributed by atoms with Crippen LogP contribution < -0.4 is 9.64 Å². The third kappa shape index (κ3) is 3.37. The van der Waals surface area contributed by atoms with Crippen molar-refractivity contribution in [2.24, 2.45) is 0 Å². The van der Waals surface area contributed by atoms with Crippen LogP contribution in [0.2, 0.25) is 0 Å². The number of rotatable bonds is 3. The molecule has 1 aromatic rings. The number of fused-ring (bicyclic) bond motifs is 1. The van der Waals surface area contributed by atoms with Crippen LogP contribution in [0.3, 0.4) is 0 Å². The lowest BCUT2D eigenvalue weighted by Gasteiger charge is -2.37. The van der Waals surface area contributed by atoms with E-state index in [9.17, 15) is 19.5 Å². The highest BCUT2D eigenvalue weighted by molar-refractivity contribution is 6.05. The number of benzene rings is 1. The Hall–Kier alpha value is -2.41. The number of hydrogen-bond donors (Lipinski definition) is 1. The van der Waals surface area contributed by atoms with Gasteiger partial charge in [0.15, 0.2) is 12.4 Å². The fourth-order valence-electron chi connectivity index (χ4n) is 3.28. The van der Waals surface area contributed by atoms with E-state index in [1.165, 1.54) is 11.8 Å². The smallest absolute Gasteiger partial charge is 0.265 e. The summed E-state index contributed by atoms with van der Waals surface area (Å²) in [6.07, 6.45) is 0.712. The van der Waals surface area contributed by atoms with Crippen LogP contribution in [0.4, 0.5) is 5.69 Å². The molecule has 2 heterocycles. The fourth-order valence-corrected chi connectivity index (χ4v) is 3.28. The number of carbonyl (C=O) groups is 3. The van der Waals surface area contributed by atoms with Gasteiger partial charge >= 0.3 is 0 Å². The second-order valence-corrected chi connectivity index (χ2v) is 6.52. The van der Waals surface area contributed by atoms with Crippen molar-refractivity contribution in [2.45, 2.75) is 38.8 Å². The maximum absolute atomic E-state index is 12.8. The first-order valence-corrected chi connectivity index (χ1v) is 8.45. The molecule has 0 aliphatic carbocycles. The Labute approximate surface area is 146 Å². The number of carbonyl (C=O) groups excluding carboxylic acids is 3. The van der Waals surface area contributed by atoms with Crippen LogP contribution >= 0.6 is 0 Å². The molecule has 0 spiro atoms. The molecule has 0 saturated carbocycles. The molecule has 1 aromatic carbocycles. The summed E-state index contributed by atoms with van der Waals surface area (Å²) in [5, 5.41) is 9.60. The zero-order chi connectivity index (χ0) is 18.1. The van der Waals surface area contributed by atoms with Crippen molar-refractivity contribution in [1.82, 2.24) is 4.90 Å². The minimum Gasteiger partial charge on any atom is -0.482 e. The Bertz CT molecular complexity index is 709. The van der Waals surface area contributed by atoms with E-state index in [4.69, 9.17) is 4.74 Å². The third-order valence-electron chi connectivity index (χ3n) is 4.77. The van der Waals surface area contributed by atoms with Crippen LogP contribution in [0.25, 0.3) is 0 Å². The van der Waals surface area contributed by atoms with Crippen LogP contribution in [-0.4, -0.2) is 59.4 Å². The molecule has 2 aliphatic heterocycles. The predicted octanol–water partition coefficient (Wildman–Crippen LogP) is 0.986. The fraction of sp³-hybridized carbons (Fsp3) is 0.500. The molecule has 0 bridgehead atoms. The van der Waals surface area contributed by atoms with E-state index < -0.39 is 6.04 Å². The van der Waals surface area contributed by atoms with E-state index >= 15 is 0 Å².